The molecule has 0 aliphatic carbocycles. The Morgan fingerprint density at radius 3 is 2.96 bits per heavy atom. The molecule has 3 heterocycles. The van der Waals surface area contributed by atoms with Crippen molar-refractivity contribution in [1.82, 2.24) is 25.7 Å². The van der Waals surface area contributed by atoms with Crippen LogP contribution in [0.15, 0.2) is 36.7 Å². The quantitative estimate of drug-likeness (QED) is 0.840. The van der Waals surface area contributed by atoms with Crippen LogP contribution in [0.4, 0.5) is 4.39 Å². The Hall–Kier alpha value is -2.58. The largest absolute Gasteiger partial charge is 0.437 e. The highest BCUT2D eigenvalue weighted by Gasteiger charge is 2.36. The number of hydrazine groups is 1. The maximum absolute atomic E-state index is 13.5. The molecule has 1 amide bonds. The van der Waals surface area contributed by atoms with Crippen LogP contribution in [-0.2, 0) is 4.79 Å². The molecule has 2 saturated heterocycles. The molecule has 4 rings (SSSR count). The van der Waals surface area contributed by atoms with Crippen molar-refractivity contribution in [3.8, 4) is 11.6 Å². The van der Waals surface area contributed by atoms with Crippen molar-refractivity contribution in [3.63, 3.8) is 0 Å². The summed E-state index contributed by atoms with van der Waals surface area (Å²) in [5.74, 6) is 0.500. The summed E-state index contributed by atoms with van der Waals surface area (Å²) in [5, 5.41) is 0. The number of halogens is 1. The molecule has 0 saturated carbocycles. The van der Waals surface area contributed by atoms with E-state index in [0.29, 0.717) is 30.4 Å². The summed E-state index contributed by atoms with van der Waals surface area (Å²) in [6.07, 6.45) is 4.98. The first kappa shape index (κ1) is 18.8. The number of rotatable bonds is 4. The molecule has 1 aromatic carbocycles. The molecule has 3 unspecified atom stereocenters. The van der Waals surface area contributed by atoms with Crippen LogP contribution in [0.3, 0.4) is 0 Å². The molecule has 1 aromatic heterocycles. The van der Waals surface area contributed by atoms with E-state index in [2.05, 4.69) is 20.8 Å². The number of amides is 1. The van der Waals surface area contributed by atoms with Crippen molar-refractivity contribution in [3.05, 3.63) is 48.2 Å². The van der Waals surface area contributed by atoms with Gasteiger partial charge in [0, 0.05) is 50.1 Å². The standard InChI is InChI=1S/C20H24FN5O2/c1-13-17(11-24-25-13)20(27)26-9-3-4-14(12-26)18-19(23-8-7-22-18)28-16-6-2-5-15(21)10-16/h2,5-8,10,13-14,17,24-25H,3-4,9,11-12H2,1H3. The normalized spacial score (nSPS) is 24.9. The van der Waals surface area contributed by atoms with Gasteiger partial charge in [0.1, 0.15) is 17.3 Å². The first-order valence-electron chi connectivity index (χ1n) is 9.63. The van der Waals surface area contributed by atoms with Crippen LogP contribution in [0, 0.1) is 11.7 Å². The molecule has 8 heteroatoms. The monoisotopic (exact) mass is 385 g/mol. The van der Waals surface area contributed by atoms with E-state index in [1.807, 2.05) is 11.8 Å². The van der Waals surface area contributed by atoms with Crippen LogP contribution < -0.4 is 15.6 Å². The molecule has 0 bridgehead atoms. The van der Waals surface area contributed by atoms with Crippen LogP contribution in [0.1, 0.15) is 31.4 Å². The summed E-state index contributed by atoms with van der Waals surface area (Å²) in [6.45, 7) is 3.98. The Balaban J connectivity index is 1.51. The van der Waals surface area contributed by atoms with Gasteiger partial charge in [-0.15, -0.1) is 0 Å². The number of hydrogen-bond donors (Lipinski definition) is 2. The summed E-state index contributed by atoms with van der Waals surface area (Å²) in [7, 11) is 0. The number of ether oxygens (including phenoxy) is 1. The second kappa shape index (κ2) is 8.20. The van der Waals surface area contributed by atoms with Crippen LogP contribution in [-0.4, -0.2) is 46.5 Å². The Bertz CT molecular complexity index is 849. The smallest absolute Gasteiger partial charge is 0.241 e. The average Bonchev–Trinajstić information content (AvgIpc) is 3.14. The van der Waals surface area contributed by atoms with Gasteiger partial charge in [-0.1, -0.05) is 6.07 Å². The van der Waals surface area contributed by atoms with Gasteiger partial charge in [-0.05, 0) is 31.9 Å². The molecule has 2 aliphatic heterocycles. The predicted molar refractivity (Wildman–Crippen MR) is 101 cm³/mol. The lowest BCUT2D eigenvalue weighted by molar-refractivity contribution is -0.136. The van der Waals surface area contributed by atoms with Crippen LogP contribution in [0.5, 0.6) is 11.6 Å². The average molecular weight is 385 g/mol. The lowest BCUT2D eigenvalue weighted by atomic mass is 9.92. The minimum absolute atomic E-state index is 0.0348. The van der Waals surface area contributed by atoms with E-state index in [1.165, 1.54) is 12.1 Å². The number of carbonyl (C=O) groups is 1. The van der Waals surface area contributed by atoms with Gasteiger partial charge in [0.15, 0.2) is 0 Å². The van der Waals surface area contributed by atoms with E-state index >= 15 is 0 Å². The summed E-state index contributed by atoms with van der Waals surface area (Å²) >= 11 is 0. The number of nitrogens with zero attached hydrogens (tertiary/aromatic N) is 3. The first-order valence-corrected chi connectivity index (χ1v) is 9.63. The zero-order valence-corrected chi connectivity index (χ0v) is 15.8. The van der Waals surface area contributed by atoms with E-state index < -0.39 is 0 Å². The maximum Gasteiger partial charge on any atom is 0.241 e. The number of benzene rings is 1. The minimum Gasteiger partial charge on any atom is -0.437 e. The van der Waals surface area contributed by atoms with Gasteiger partial charge in [-0.3, -0.25) is 20.6 Å². The van der Waals surface area contributed by atoms with Gasteiger partial charge in [0.25, 0.3) is 0 Å². The molecular weight excluding hydrogens is 361 g/mol. The highest BCUT2D eigenvalue weighted by molar-refractivity contribution is 5.80. The number of hydrogen-bond acceptors (Lipinski definition) is 6. The Kier molecular flexibility index (Phi) is 5.50. The Labute approximate surface area is 163 Å². The van der Waals surface area contributed by atoms with Crippen LogP contribution >= 0.6 is 0 Å². The lowest BCUT2D eigenvalue weighted by Gasteiger charge is -2.34. The zero-order valence-electron chi connectivity index (χ0n) is 15.8. The van der Waals surface area contributed by atoms with Crippen molar-refractivity contribution in [2.45, 2.75) is 31.7 Å². The molecule has 2 aromatic rings. The Morgan fingerprint density at radius 2 is 2.18 bits per heavy atom. The van der Waals surface area contributed by atoms with Gasteiger partial charge >= 0.3 is 0 Å². The van der Waals surface area contributed by atoms with Gasteiger partial charge in [-0.2, -0.15) is 0 Å². The molecule has 2 aliphatic rings. The number of carbonyl (C=O) groups excluding carboxylic acids is 1. The summed E-state index contributed by atoms with van der Waals surface area (Å²) in [4.78, 5) is 23.7. The molecule has 148 valence electrons. The van der Waals surface area contributed by atoms with Gasteiger partial charge < -0.3 is 9.64 Å². The summed E-state index contributed by atoms with van der Waals surface area (Å²) in [6, 6.07) is 6.06. The maximum atomic E-state index is 13.5. The van der Waals surface area contributed by atoms with E-state index in [4.69, 9.17) is 4.74 Å². The third-order valence-electron chi connectivity index (χ3n) is 5.39. The molecular formula is C20H24FN5O2. The van der Waals surface area contributed by atoms with Crippen molar-refractivity contribution in [1.29, 1.82) is 0 Å². The zero-order chi connectivity index (χ0) is 19.5. The highest BCUT2D eigenvalue weighted by atomic mass is 19.1. The third-order valence-corrected chi connectivity index (χ3v) is 5.39. The van der Waals surface area contributed by atoms with E-state index in [-0.39, 0.29) is 29.6 Å². The Morgan fingerprint density at radius 1 is 1.32 bits per heavy atom. The number of likely N-dealkylation sites (tertiary alicyclic amines) is 1. The van der Waals surface area contributed by atoms with Gasteiger partial charge in [-0.25, -0.2) is 9.37 Å². The summed E-state index contributed by atoms with van der Waals surface area (Å²) < 4.78 is 19.3. The topological polar surface area (TPSA) is 79.4 Å². The first-order chi connectivity index (χ1) is 13.6. The predicted octanol–water partition coefficient (Wildman–Crippen LogP) is 2.23. The molecule has 2 N–H and O–H groups in total. The number of nitrogens with one attached hydrogen (secondary N) is 2. The molecule has 2 fully saturated rings. The van der Waals surface area contributed by atoms with E-state index in [0.717, 1.165) is 19.4 Å². The molecule has 7 nitrogen and oxygen atoms in total. The fourth-order valence-corrected chi connectivity index (χ4v) is 3.88. The molecule has 0 spiro atoms. The third kappa shape index (κ3) is 3.98. The molecule has 0 radical (unpaired) electrons. The fraction of sp³-hybridized carbons (Fsp3) is 0.450. The fourth-order valence-electron chi connectivity index (χ4n) is 3.88. The van der Waals surface area contributed by atoms with E-state index in [9.17, 15) is 9.18 Å². The second-order valence-electron chi connectivity index (χ2n) is 7.35. The van der Waals surface area contributed by atoms with Crippen LogP contribution in [0.25, 0.3) is 0 Å². The number of piperidine rings is 1. The summed E-state index contributed by atoms with van der Waals surface area (Å²) in [5.41, 5.74) is 6.87. The second-order valence-corrected chi connectivity index (χ2v) is 7.35. The molecule has 3 atom stereocenters. The number of aromatic nitrogens is 2. The van der Waals surface area contributed by atoms with Gasteiger partial charge in [0.05, 0.1) is 5.92 Å². The van der Waals surface area contributed by atoms with Crippen molar-refractivity contribution in [2.24, 2.45) is 5.92 Å². The highest BCUT2D eigenvalue weighted by Crippen LogP contribution is 2.33. The van der Waals surface area contributed by atoms with Crippen LogP contribution in [0.2, 0.25) is 0 Å². The minimum atomic E-state index is -0.370. The SMILES string of the molecule is CC1NNCC1C(=O)N1CCCC(c2nccnc2Oc2cccc(F)c2)C1. The van der Waals surface area contributed by atoms with Crippen molar-refractivity contribution >= 4 is 5.91 Å². The van der Waals surface area contributed by atoms with Crippen molar-refractivity contribution in [2.75, 3.05) is 19.6 Å². The van der Waals surface area contributed by atoms with E-state index in [1.54, 1.807) is 24.5 Å². The molecule has 28 heavy (non-hydrogen) atoms. The van der Waals surface area contributed by atoms with Gasteiger partial charge in [0.2, 0.25) is 11.8 Å². The lowest BCUT2D eigenvalue weighted by Crippen LogP contribution is -2.45. The van der Waals surface area contributed by atoms with Crippen molar-refractivity contribution < 1.29 is 13.9 Å².